The highest BCUT2D eigenvalue weighted by atomic mass is 16.3. The van der Waals surface area contributed by atoms with Crippen molar-refractivity contribution in [3.8, 4) is 0 Å². The maximum atomic E-state index is 9.46. The molecule has 0 fully saturated rings. The molecule has 1 heteroatoms. The Balaban J connectivity index is 3.54. The number of aliphatic hydroxyl groups excluding tert-OH is 1. The lowest BCUT2D eigenvalue weighted by Gasteiger charge is -2.14. The van der Waals surface area contributed by atoms with Crippen LogP contribution in [0.5, 0.6) is 0 Å². The molecule has 66 valence electrons. The van der Waals surface area contributed by atoms with E-state index in [9.17, 15) is 5.11 Å². The smallest absolute Gasteiger partial charge is 0.0746 e. The van der Waals surface area contributed by atoms with Crippen molar-refractivity contribution in [1.82, 2.24) is 0 Å². The van der Waals surface area contributed by atoms with Crippen molar-refractivity contribution in [2.24, 2.45) is 5.92 Å². The molecule has 0 bridgehead atoms. The van der Waals surface area contributed by atoms with E-state index in [0.29, 0.717) is 5.92 Å². The minimum Gasteiger partial charge on any atom is -0.389 e. The molecule has 0 rings (SSSR count). The Kier molecular flexibility index (Phi) is 6.24. The monoisotopic (exact) mass is 156 g/mol. The zero-order chi connectivity index (χ0) is 8.69. The molecular formula is C10H20O. The summed E-state index contributed by atoms with van der Waals surface area (Å²) in [6.45, 7) is 6.21. The van der Waals surface area contributed by atoms with Crippen molar-refractivity contribution in [2.45, 2.75) is 46.1 Å². The van der Waals surface area contributed by atoms with Crippen LogP contribution in [0, 0.1) is 5.92 Å². The van der Waals surface area contributed by atoms with Gasteiger partial charge in [-0.15, -0.1) is 0 Å². The van der Waals surface area contributed by atoms with Crippen LogP contribution in [0.1, 0.15) is 40.0 Å². The molecule has 1 unspecified atom stereocenters. The number of rotatable bonds is 5. The van der Waals surface area contributed by atoms with E-state index in [1.807, 2.05) is 19.1 Å². The number of allylic oxidation sites excluding steroid dienone is 1. The van der Waals surface area contributed by atoms with Crippen LogP contribution in [0.2, 0.25) is 0 Å². The van der Waals surface area contributed by atoms with E-state index in [1.54, 1.807) is 0 Å². The standard InChI is InChI=1S/C10H20O/c1-4-6-8-9(3)10(11)7-5-2/h5,7,9-11H,4,6,8H2,1-3H3/b7-5+/t9?,10-/m1/s1. The first-order valence-electron chi connectivity index (χ1n) is 4.53. The van der Waals surface area contributed by atoms with Crippen LogP contribution in [0.25, 0.3) is 0 Å². The molecule has 0 heterocycles. The van der Waals surface area contributed by atoms with Crippen molar-refractivity contribution >= 4 is 0 Å². The minimum atomic E-state index is -0.244. The van der Waals surface area contributed by atoms with Crippen LogP contribution in [-0.2, 0) is 0 Å². The van der Waals surface area contributed by atoms with Crippen LogP contribution in [0.15, 0.2) is 12.2 Å². The maximum Gasteiger partial charge on any atom is 0.0746 e. The third-order valence-corrected chi connectivity index (χ3v) is 1.99. The van der Waals surface area contributed by atoms with Gasteiger partial charge in [-0.05, 0) is 19.3 Å². The average molecular weight is 156 g/mol. The Bertz CT molecular complexity index is 107. The largest absolute Gasteiger partial charge is 0.389 e. The third-order valence-electron chi connectivity index (χ3n) is 1.99. The van der Waals surface area contributed by atoms with Crippen LogP contribution < -0.4 is 0 Å². The van der Waals surface area contributed by atoms with E-state index in [1.165, 1.54) is 12.8 Å². The fourth-order valence-electron chi connectivity index (χ4n) is 1.08. The molecule has 0 radical (unpaired) electrons. The molecular weight excluding hydrogens is 136 g/mol. The SMILES string of the molecule is C/C=C/[C@@H](O)C(C)CCCC. The summed E-state index contributed by atoms with van der Waals surface area (Å²) >= 11 is 0. The van der Waals surface area contributed by atoms with Gasteiger partial charge >= 0.3 is 0 Å². The fraction of sp³-hybridized carbons (Fsp3) is 0.800. The van der Waals surface area contributed by atoms with Crippen molar-refractivity contribution in [1.29, 1.82) is 0 Å². The van der Waals surface area contributed by atoms with Gasteiger partial charge in [0.15, 0.2) is 0 Å². The van der Waals surface area contributed by atoms with Crippen molar-refractivity contribution in [2.75, 3.05) is 0 Å². The highest BCUT2D eigenvalue weighted by molar-refractivity contribution is 4.88. The van der Waals surface area contributed by atoms with E-state index in [4.69, 9.17) is 0 Å². The topological polar surface area (TPSA) is 20.2 Å². The summed E-state index contributed by atoms with van der Waals surface area (Å²) in [5.41, 5.74) is 0. The quantitative estimate of drug-likeness (QED) is 0.607. The second kappa shape index (κ2) is 6.41. The lowest BCUT2D eigenvalue weighted by molar-refractivity contribution is 0.155. The second-order valence-electron chi connectivity index (χ2n) is 3.14. The Morgan fingerprint density at radius 1 is 1.45 bits per heavy atom. The van der Waals surface area contributed by atoms with E-state index >= 15 is 0 Å². The summed E-state index contributed by atoms with van der Waals surface area (Å²) in [5, 5.41) is 9.46. The van der Waals surface area contributed by atoms with Crippen LogP contribution in [-0.4, -0.2) is 11.2 Å². The molecule has 0 aromatic carbocycles. The van der Waals surface area contributed by atoms with Gasteiger partial charge in [0.25, 0.3) is 0 Å². The summed E-state index contributed by atoms with van der Waals surface area (Å²) in [5.74, 6) is 0.408. The molecule has 0 aromatic heterocycles. The van der Waals surface area contributed by atoms with Gasteiger partial charge < -0.3 is 5.11 Å². The molecule has 2 atom stereocenters. The average Bonchev–Trinajstić information content (AvgIpc) is 2.00. The van der Waals surface area contributed by atoms with Gasteiger partial charge in [0.05, 0.1) is 6.10 Å². The zero-order valence-corrected chi connectivity index (χ0v) is 7.88. The van der Waals surface area contributed by atoms with Crippen LogP contribution >= 0.6 is 0 Å². The number of hydrogen-bond acceptors (Lipinski definition) is 1. The summed E-state index contributed by atoms with van der Waals surface area (Å²) < 4.78 is 0. The van der Waals surface area contributed by atoms with Crippen molar-refractivity contribution < 1.29 is 5.11 Å². The molecule has 0 spiro atoms. The first-order chi connectivity index (χ1) is 5.22. The highest BCUT2D eigenvalue weighted by Gasteiger charge is 2.08. The molecule has 0 amide bonds. The lowest BCUT2D eigenvalue weighted by Crippen LogP contribution is -2.14. The zero-order valence-electron chi connectivity index (χ0n) is 7.88. The Hall–Kier alpha value is -0.300. The number of unbranched alkanes of at least 4 members (excludes halogenated alkanes) is 1. The molecule has 1 nitrogen and oxygen atoms in total. The molecule has 0 aromatic rings. The van der Waals surface area contributed by atoms with Gasteiger partial charge in [-0.25, -0.2) is 0 Å². The molecule has 11 heavy (non-hydrogen) atoms. The van der Waals surface area contributed by atoms with Gasteiger partial charge in [-0.2, -0.15) is 0 Å². The van der Waals surface area contributed by atoms with E-state index < -0.39 is 0 Å². The number of hydrogen-bond donors (Lipinski definition) is 1. The van der Waals surface area contributed by atoms with Crippen molar-refractivity contribution in [3.05, 3.63) is 12.2 Å². The summed E-state index contributed by atoms with van der Waals surface area (Å²) in [6, 6.07) is 0. The third kappa shape index (κ3) is 5.02. The van der Waals surface area contributed by atoms with Gasteiger partial charge in [0.2, 0.25) is 0 Å². The van der Waals surface area contributed by atoms with Gasteiger partial charge in [0.1, 0.15) is 0 Å². The van der Waals surface area contributed by atoms with E-state index in [2.05, 4.69) is 13.8 Å². The molecule has 0 saturated heterocycles. The van der Waals surface area contributed by atoms with Gasteiger partial charge in [0, 0.05) is 0 Å². The number of aliphatic hydroxyl groups is 1. The molecule has 0 aliphatic heterocycles. The molecule has 0 aliphatic carbocycles. The van der Waals surface area contributed by atoms with Gasteiger partial charge in [-0.1, -0.05) is 38.8 Å². The first kappa shape index (κ1) is 10.7. The predicted octanol–water partition coefficient (Wildman–Crippen LogP) is 2.75. The molecule has 1 N–H and O–H groups in total. The summed E-state index contributed by atoms with van der Waals surface area (Å²) in [4.78, 5) is 0. The molecule has 0 aliphatic rings. The van der Waals surface area contributed by atoms with Crippen molar-refractivity contribution in [3.63, 3.8) is 0 Å². The maximum absolute atomic E-state index is 9.46. The van der Waals surface area contributed by atoms with E-state index in [0.717, 1.165) is 6.42 Å². The summed E-state index contributed by atoms with van der Waals surface area (Å²) in [7, 11) is 0. The summed E-state index contributed by atoms with van der Waals surface area (Å²) in [6.07, 6.45) is 7.09. The molecule has 0 saturated carbocycles. The van der Waals surface area contributed by atoms with Gasteiger partial charge in [-0.3, -0.25) is 0 Å². The van der Waals surface area contributed by atoms with E-state index in [-0.39, 0.29) is 6.10 Å². The minimum absolute atomic E-state index is 0.244. The first-order valence-corrected chi connectivity index (χ1v) is 4.53. The fourth-order valence-corrected chi connectivity index (χ4v) is 1.08. The van der Waals surface area contributed by atoms with Crippen LogP contribution in [0.3, 0.4) is 0 Å². The second-order valence-corrected chi connectivity index (χ2v) is 3.14. The highest BCUT2D eigenvalue weighted by Crippen LogP contribution is 2.12. The Morgan fingerprint density at radius 2 is 2.09 bits per heavy atom. The van der Waals surface area contributed by atoms with Crippen LogP contribution in [0.4, 0.5) is 0 Å². The lowest BCUT2D eigenvalue weighted by atomic mass is 9.98. The Morgan fingerprint density at radius 3 is 2.55 bits per heavy atom. The normalized spacial score (nSPS) is 17.1. The Labute approximate surface area is 70.1 Å². The predicted molar refractivity (Wildman–Crippen MR) is 49.5 cm³/mol.